The van der Waals surface area contributed by atoms with E-state index in [9.17, 15) is 9.90 Å². The lowest BCUT2D eigenvalue weighted by atomic mass is 9.94. The molecule has 2 heterocycles. The zero-order valence-corrected chi connectivity index (χ0v) is 15.7. The lowest BCUT2D eigenvalue weighted by Gasteiger charge is -2.12. The first kappa shape index (κ1) is 17.4. The number of aromatic amines is 1. The summed E-state index contributed by atoms with van der Waals surface area (Å²) < 4.78 is 1.51. The van der Waals surface area contributed by atoms with Crippen molar-refractivity contribution in [1.29, 1.82) is 0 Å². The largest absolute Gasteiger partial charge is 0.393 e. The summed E-state index contributed by atoms with van der Waals surface area (Å²) in [5, 5.41) is 12.8. The second kappa shape index (κ2) is 6.15. The third-order valence-electron chi connectivity index (χ3n) is 4.69. The van der Waals surface area contributed by atoms with E-state index in [1.54, 1.807) is 6.92 Å². The van der Waals surface area contributed by atoms with E-state index in [1.165, 1.54) is 21.2 Å². The number of fused-ring (bicyclic) bond motifs is 1. The predicted octanol–water partition coefficient (Wildman–Crippen LogP) is 3.16. The Labute approximate surface area is 147 Å². The van der Waals surface area contributed by atoms with E-state index in [0.29, 0.717) is 23.3 Å². The van der Waals surface area contributed by atoms with E-state index in [1.807, 2.05) is 13.8 Å². The molecule has 3 rings (SSSR count). The number of nitrogens with one attached hydrogen (secondary N) is 1. The zero-order chi connectivity index (χ0) is 18.5. The molecule has 5 nitrogen and oxygen atoms in total. The van der Waals surface area contributed by atoms with Crippen molar-refractivity contribution in [3.63, 3.8) is 0 Å². The zero-order valence-electron chi connectivity index (χ0n) is 15.7. The molecule has 0 amide bonds. The SMILES string of the molecule is Cc1cc(C)c(-c2c(C)[nH]n3c(=O)c(CC(C)O)c(C)nc23)c(C)c1. The molecule has 3 aromatic rings. The summed E-state index contributed by atoms with van der Waals surface area (Å²) in [7, 11) is 0. The summed E-state index contributed by atoms with van der Waals surface area (Å²) in [5.41, 5.74) is 8.29. The number of aliphatic hydroxyl groups excluding tert-OH is 1. The monoisotopic (exact) mass is 339 g/mol. The summed E-state index contributed by atoms with van der Waals surface area (Å²) in [6.45, 7) is 11.7. The van der Waals surface area contributed by atoms with Crippen LogP contribution >= 0.6 is 0 Å². The molecule has 1 unspecified atom stereocenters. The minimum absolute atomic E-state index is 0.139. The van der Waals surface area contributed by atoms with Crippen molar-refractivity contribution in [2.24, 2.45) is 0 Å². The first-order chi connectivity index (χ1) is 11.7. The molecule has 1 aromatic carbocycles. The summed E-state index contributed by atoms with van der Waals surface area (Å²) in [6, 6.07) is 4.30. The molecule has 0 aliphatic heterocycles. The molecule has 0 aliphatic rings. The van der Waals surface area contributed by atoms with E-state index in [-0.39, 0.29) is 5.56 Å². The number of rotatable bonds is 3. The van der Waals surface area contributed by atoms with Gasteiger partial charge in [0, 0.05) is 28.9 Å². The highest BCUT2D eigenvalue weighted by molar-refractivity contribution is 5.84. The average molecular weight is 339 g/mol. The second-order valence-electron chi connectivity index (χ2n) is 7.08. The molecule has 25 heavy (non-hydrogen) atoms. The Morgan fingerprint density at radius 1 is 1.12 bits per heavy atom. The second-order valence-corrected chi connectivity index (χ2v) is 7.08. The topological polar surface area (TPSA) is 70.4 Å². The van der Waals surface area contributed by atoms with Crippen LogP contribution in [-0.4, -0.2) is 25.8 Å². The van der Waals surface area contributed by atoms with Crippen molar-refractivity contribution >= 4 is 5.65 Å². The van der Waals surface area contributed by atoms with Crippen molar-refractivity contribution < 1.29 is 5.11 Å². The number of nitrogens with zero attached hydrogens (tertiary/aromatic N) is 2. The van der Waals surface area contributed by atoms with Gasteiger partial charge < -0.3 is 5.11 Å². The highest BCUT2D eigenvalue weighted by Crippen LogP contribution is 2.33. The first-order valence-electron chi connectivity index (χ1n) is 8.57. The van der Waals surface area contributed by atoms with E-state index >= 15 is 0 Å². The van der Waals surface area contributed by atoms with Gasteiger partial charge in [-0.1, -0.05) is 17.7 Å². The van der Waals surface area contributed by atoms with Gasteiger partial charge in [0.2, 0.25) is 0 Å². The third-order valence-corrected chi connectivity index (χ3v) is 4.69. The van der Waals surface area contributed by atoms with Crippen LogP contribution in [0, 0.1) is 34.6 Å². The molecule has 1 atom stereocenters. The summed E-state index contributed by atoms with van der Waals surface area (Å²) in [6.07, 6.45) is -0.278. The number of aromatic nitrogens is 3. The van der Waals surface area contributed by atoms with Crippen LogP contribution in [-0.2, 0) is 6.42 Å². The minimum Gasteiger partial charge on any atom is -0.393 e. The van der Waals surface area contributed by atoms with Gasteiger partial charge in [-0.05, 0) is 58.2 Å². The summed E-state index contributed by atoms with van der Waals surface area (Å²) in [5.74, 6) is 0. The lowest BCUT2D eigenvalue weighted by molar-refractivity contribution is 0.194. The number of H-pyrrole nitrogens is 1. The van der Waals surface area contributed by atoms with Crippen LogP contribution in [0.25, 0.3) is 16.8 Å². The van der Waals surface area contributed by atoms with Crippen LogP contribution in [0.5, 0.6) is 0 Å². The highest BCUT2D eigenvalue weighted by Gasteiger charge is 2.20. The fourth-order valence-electron chi connectivity index (χ4n) is 3.73. The van der Waals surface area contributed by atoms with Crippen molar-refractivity contribution in [2.45, 2.75) is 54.1 Å². The molecule has 0 fully saturated rings. The van der Waals surface area contributed by atoms with E-state index in [0.717, 1.165) is 16.8 Å². The Bertz CT molecular complexity index is 1000. The number of hydrogen-bond donors (Lipinski definition) is 2. The van der Waals surface area contributed by atoms with Crippen LogP contribution in [0.4, 0.5) is 0 Å². The van der Waals surface area contributed by atoms with Crippen molar-refractivity contribution in [2.75, 3.05) is 0 Å². The third kappa shape index (κ3) is 2.89. The fraction of sp³-hybridized carbons (Fsp3) is 0.400. The molecule has 132 valence electrons. The highest BCUT2D eigenvalue weighted by atomic mass is 16.3. The van der Waals surface area contributed by atoms with Gasteiger partial charge >= 0.3 is 0 Å². The van der Waals surface area contributed by atoms with Gasteiger partial charge in [-0.25, -0.2) is 9.50 Å². The molecule has 0 aliphatic carbocycles. The molecular weight excluding hydrogens is 314 g/mol. The molecular formula is C20H25N3O2. The van der Waals surface area contributed by atoms with Crippen molar-refractivity contribution in [1.82, 2.24) is 14.6 Å². The van der Waals surface area contributed by atoms with Crippen molar-refractivity contribution in [3.05, 3.63) is 56.1 Å². The Hall–Kier alpha value is -2.40. The minimum atomic E-state index is -0.580. The molecule has 0 spiro atoms. The smallest absolute Gasteiger partial charge is 0.276 e. The quantitative estimate of drug-likeness (QED) is 0.770. The molecule has 0 bridgehead atoms. The van der Waals surface area contributed by atoms with Gasteiger partial charge in [-0.2, -0.15) is 0 Å². The number of hydrogen-bond acceptors (Lipinski definition) is 3. The molecule has 2 N–H and O–H groups in total. The normalized spacial score (nSPS) is 12.8. The van der Waals surface area contributed by atoms with Gasteiger partial charge in [-0.3, -0.25) is 9.89 Å². The van der Waals surface area contributed by atoms with Gasteiger partial charge in [-0.15, -0.1) is 0 Å². The first-order valence-corrected chi connectivity index (χ1v) is 8.57. The van der Waals surface area contributed by atoms with Crippen LogP contribution in [0.2, 0.25) is 0 Å². The van der Waals surface area contributed by atoms with Crippen molar-refractivity contribution in [3.8, 4) is 11.1 Å². The van der Waals surface area contributed by atoms with E-state index < -0.39 is 6.10 Å². The summed E-state index contributed by atoms with van der Waals surface area (Å²) >= 11 is 0. The molecule has 0 radical (unpaired) electrons. The van der Waals surface area contributed by atoms with E-state index in [4.69, 9.17) is 4.98 Å². The van der Waals surface area contributed by atoms with Crippen LogP contribution in [0.3, 0.4) is 0 Å². The van der Waals surface area contributed by atoms with Crippen LogP contribution < -0.4 is 5.56 Å². The average Bonchev–Trinajstić information content (AvgIpc) is 2.80. The Morgan fingerprint density at radius 2 is 1.72 bits per heavy atom. The maximum atomic E-state index is 12.9. The maximum absolute atomic E-state index is 12.9. The van der Waals surface area contributed by atoms with Gasteiger partial charge in [0.05, 0.1) is 6.10 Å². The van der Waals surface area contributed by atoms with Crippen LogP contribution in [0.15, 0.2) is 16.9 Å². The Morgan fingerprint density at radius 3 is 2.28 bits per heavy atom. The van der Waals surface area contributed by atoms with Crippen LogP contribution in [0.1, 0.15) is 40.6 Å². The number of aliphatic hydroxyl groups is 1. The van der Waals surface area contributed by atoms with Gasteiger partial charge in [0.1, 0.15) is 0 Å². The van der Waals surface area contributed by atoms with E-state index in [2.05, 4.69) is 38.0 Å². The number of aryl methyl sites for hydroxylation is 5. The Balaban J connectivity index is 2.36. The van der Waals surface area contributed by atoms with Gasteiger partial charge in [0.25, 0.3) is 5.56 Å². The molecule has 0 saturated heterocycles. The molecule has 5 heteroatoms. The lowest BCUT2D eigenvalue weighted by Crippen LogP contribution is -2.24. The molecule has 0 saturated carbocycles. The van der Waals surface area contributed by atoms with Gasteiger partial charge in [0.15, 0.2) is 5.65 Å². The predicted molar refractivity (Wildman–Crippen MR) is 100 cm³/mol. The summed E-state index contributed by atoms with van der Waals surface area (Å²) in [4.78, 5) is 17.6. The Kier molecular flexibility index (Phi) is 4.29. The standard InChI is InChI=1S/C20H25N3O2/c1-10-7-11(2)17(12(3)8-10)18-15(6)22-23-19(18)21-14(5)16(20(23)25)9-13(4)24/h7-8,13,22,24H,9H2,1-6H3. The maximum Gasteiger partial charge on any atom is 0.276 e. The fourth-order valence-corrected chi connectivity index (χ4v) is 3.73. The molecule has 2 aromatic heterocycles. The number of benzene rings is 1.